The molecule has 0 saturated heterocycles. The molecule has 2 heterocycles. The summed E-state index contributed by atoms with van der Waals surface area (Å²) in [5, 5.41) is 12.4. The molecule has 1 atom stereocenters. The number of aromatic amines is 1. The molecule has 0 aliphatic rings. The van der Waals surface area contributed by atoms with E-state index in [-0.39, 0.29) is 11.5 Å². The molecule has 0 radical (unpaired) electrons. The number of anilines is 1. The molecule has 0 fully saturated rings. The quantitative estimate of drug-likeness (QED) is 0.134. The van der Waals surface area contributed by atoms with E-state index < -0.39 is 0 Å². The van der Waals surface area contributed by atoms with E-state index in [1.807, 2.05) is 48.5 Å². The lowest BCUT2D eigenvalue weighted by Crippen LogP contribution is -2.39. The van der Waals surface area contributed by atoms with E-state index in [1.54, 1.807) is 6.07 Å². The van der Waals surface area contributed by atoms with Gasteiger partial charge in [-0.2, -0.15) is 0 Å². The molecule has 4 N–H and O–H groups in total. The normalized spacial score (nSPS) is 12.3. The van der Waals surface area contributed by atoms with Crippen molar-refractivity contribution in [3.8, 4) is 0 Å². The molecule has 8 heteroatoms. The molecule has 0 bridgehead atoms. The van der Waals surface area contributed by atoms with E-state index in [4.69, 9.17) is 4.42 Å². The van der Waals surface area contributed by atoms with Crippen LogP contribution in [0.5, 0.6) is 0 Å². The SMILES string of the molecule is O=c1cc(NCCC(CNCc2cc3ccccc3o2)NCc2cc(Br)cc(Br)c2)[nH]c2ccccc12. The number of nitrogens with one attached hydrogen (secondary N) is 4. The number of furan rings is 1. The molecule has 2 aromatic heterocycles. The van der Waals surface area contributed by atoms with Crippen LogP contribution in [0, 0.1) is 0 Å². The number of benzene rings is 3. The summed E-state index contributed by atoms with van der Waals surface area (Å²) in [7, 11) is 0. The van der Waals surface area contributed by atoms with Crippen molar-refractivity contribution >= 4 is 59.5 Å². The van der Waals surface area contributed by atoms with Crippen LogP contribution in [-0.2, 0) is 13.1 Å². The lowest BCUT2D eigenvalue weighted by Gasteiger charge is -2.20. The van der Waals surface area contributed by atoms with E-state index in [0.717, 1.165) is 56.5 Å². The summed E-state index contributed by atoms with van der Waals surface area (Å²) >= 11 is 7.15. The molecule has 0 aliphatic heterocycles. The van der Waals surface area contributed by atoms with Gasteiger partial charge >= 0.3 is 0 Å². The Kier molecular flexibility index (Phi) is 8.41. The largest absolute Gasteiger partial charge is 0.460 e. The Morgan fingerprint density at radius 2 is 1.68 bits per heavy atom. The first-order chi connectivity index (χ1) is 18.0. The number of fused-ring (bicyclic) bond motifs is 2. The number of rotatable bonds is 11. The third-order valence-corrected chi connectivity index (χ3v) is 7.14. The number of para-hydroxylation sites is 2. The maximum atomic E-state index is 12.5. The molecular formula is C29H28Br2N4O2. The van der Waals surface area contributed by atoms with Crippen LogP contribution in [0.4, 0.5) is 5.82 Å². The summed E-state index contributed by atoms with van der Waals surface area (Å²) in [6, 6.07) is 25.8. The van der Waals surface area contributed by atoms with Crippen molar-refractivity contribution in [2.24, 2.45) is 0 Å². The highest BCUT2D eigenvalue weighted by atomic mass is 79.9. The Hall–Kier alpha value is -2.91. The minimum Gasteiger partial charge on any atom is -0.460 e. The number of pyridine rings is 1. The molecule has 0 spiro atoms. The van der Waals surface area contributed by atoms with Gasteiger partial charge in [0.2, 0.25) is 0 Å². The molecular weight excluding hydrogens is 596 g/mol. The second-order valence-electron chi connectivity index (χ2n) is 9.05. The average Bonchev–Trinajstić information content (AvgIpc) is 3.29. The lowest BCUT2D eigenvalue weighted by molar-refractivity contribution is 0.436. The molecule has 3 aromatic carbocycles. The zero-order valence-corrected chi connectivity index (χ0v) is 23.4. The fourth-order valence-corrected chi connectivity index (χ4v) is 5.81. The predicted octanol–water partition coefficient (Wildman–Crippen LogP) is 6.55. The number of aromatic nitrogens is 1. The molecule has 190 valence electrons. The van der Waals surface area contributed by atoms with Gasteiger partial charge in [0, 0.05) is 51.5 Å². The van der Waals surface area contributed by atoms with Crippen LogP contribution in [0.2, 0.25) is 0 Å². The van der Waals surface area contributed by atoms with E-state index in [2.05, 4.69) is 77.1 Å². The van der Waals surface area contributed by atoms with Crippen molar-refractivity contribution < 1.29 is 4.42 Å². The molecule has 5 rings (SSSR count). The zero-order valence-electron chi connectivity index (χ0n) is 20.2. The second-order valence-corrected chi connectivity index (χ2v) is 10.9. The third-order valence-electron chi connectivity index (χ3n) is 6.23. The van der Waals surface area contributed by atoms with Gasteiger partial charge in [0.25, 0.3) is 0 Å². The topological polar surface area (TPSA) is 82.1 Å². The molecule has 6 nitrogen and oxygen atoms in total. The summed E-state index contributed by atoms with van der Waals surface area (Å²) in [6.45, 7) is 2.87. The minimum atomic E-state index is 0.0132. The highest BCUT2D eigenvalue weighted by Crippen LogP contribution is 2.21. The Morgan fingerprint density at radius 3 is 2.51 bits per heavy atom. The average molecular weight is 624 g/mol. The number of hydrogen-bond acceptors (Lipinski definition) is 5. The van der Waals surface area contributed by atoms with Gasteiger partial charge in [-0.1, -0.05) is 62.2 Å². The van der Waals surface area contributed by atoms with Crippen molar-refractivity contribution in [1.29, 1.82) is 0 Å². The van der Waals surface area contributed by atoms with Crippen molar-refractivity contribution in [3.05, 3.63) is 109 Å². The van der Waals surface area contributed by atoms with Gasteiger partial charge in [-0.05, 0) is 54.4 Å². The summed E-state index contributed by atoms with van der Waals surface area (Å²) in [5.41, 5.74) is 2.94. The number of hydrogen-bond donors (Lipinski definition) is 4. The first-order valence-electron chi connectivity index (χ1n) is 12.3. The van der Waals surface area contributed by atoms with Crippen molar-refractivity contribution in [1.82, 2.24) is 15.6 Å². The van der Waals surface area contributed by atoms with Gasteiger partial charge in [0.1, 0.15) is 17.2 Å². The molecule has 0 aliphatic carbocycles. The van der Waals surface area contributed by atoms with Gasteiger partial charge in [-0.15, -0.1) is 0 Å². The maximum Gasteiger partial charge on any atom is 0.191 e. The summed E-state index contributed by atoms with van der Waals surface area (Å²) in [5.74, 6) is 1.65. The summed E-state index contributed by atoms with van der Waals surface area (Å²) in [4.78, 5) is 15.8. The van der Waals surface area contributed by atoms with Crippen LogP contribution in [-0.4, -0.2) is 24.1 Å². The van der Waals surface area contributed by atoms with Crippen molar-refractivity contribution in [2.75, 3.05) is 18.4 Å². The van der Waals surface area contributed by atoms with E-state index >= 15 is 0 Å². The van der Waals surface area contributed by atoms with Crippen LogP contribution in [0.1, 0.15) is 17.7 Å². The van der Waals surface area contributed by atoms with Gasteiger partial charge in [0.05, 0.1) is 12.1 Å². The van der Waals surface area contributed by atoms with Gasteiger partial charge < -0.3 is 25.4 Å². The first kappa shape index (κ1) is 25.7. The fraction of sp³-hybridized carbons (Fsp3) is 0.207. The van der Waals surface area contributed by atoms with Gasteiger partial charge in [-0.25, -0.2) is 0 Å². The lowest BCUT2D eigenvalue weighted by atomic mass is 10.1. The maximum absolute atomic E-state index is 12.5. The molecule has 1 unspecified atom stereocenters. The summed E-state index contributed by atoms with van der Waals surface area (Å²) < 4.78 is 8.04. The Morgan fingerprint density at radius 1 is 0.892 bits per heavy atom. The molecule has 37 heavy (non-hydrogen) atoms. The smallest absolute Gasteiger partial charge is 0.191 e. The van der Waals surface area contributed by atoms with Crippen LogP contribution in [0.3, 0.4) is 0 Å². The van der Waals surface area contributed by atoms with Gasteiger partial charge in [0.15, 0.2) is 5.43 Å². The van der Waals surface area contributed by atoms with Crippen LogP contribution in [0.15, 0.2) is 97.0 Å². The van der Waals surface area contributed by atoms with Crippen LogP contribution < -0.4 is 21.4 Å². The van der Waals surface area contributed by atoms with E-state index in [0.29, 0.717) is 18.5 Å². The predicted molar refractivity (Wildman–Crippen MR) is 158 cm³/mol. The Labute approximate surface area is 232 Å². The minimum absolute atomic E-state index is 0.0132. The van der Waals surface area contributed by atoms with Crippen LogP contribution in [0.25, 0.3) is 21.9 Å². The van der Waals surface area contributed by atoms with Crippen LogP contribution >= 0.6 is 31.9 Å². The van der Waals surface area contributed by atoms with E-state index in [9.17, 15) is 4.79 Å². The highest BCUT2D eigenvalue weighted by Gasteiger charge is 2.11. The Balaban J connectivity index is 1.21. The summed E-state index contributed by atoms with van der Waals surface area (Å²) in [6.07, 6.45) is 0.858. The van der Waals surface area contributed by atoms with Crippen molar-refractivity contribution in [2.45, 2.75) is 25.6 Å². The number of halogens is 2. The Bertz CT molecular complexity index is 1510. The van der Waals surface area contributed by atoms with Crippen molar-refractivity contribution in [3.63, 3.8) is 0 Å². The molecule has 0 amide bonds. The number of H-pyrrole nitrogens is 1. The first-order valence-corrected chi connectivity index (χ1v) is 13.8. The van der Waals surface area contributed by atoms with E-state index in [1.165, 1.54) is 5.56 Å². The highest BCUT2D eigenvalue weighted by molar-refractivity contribution is 9.11. The third kappa shape index (κ3) is 6.90. The van der Waals surface area contributed by atoms with Gasteiger partial charge in [-0.3, -0.25) is 4.79 Å². The standard InChI is InChI=1S/C29H28Br2N4O2/c30-21-11-19(12-22(31)14-21)16-34-23(17-32-18-24-13-20-5-1-4-8-28(20)37-24)9-10-33-29-15-27(36)25-6-2-3-7-26(25)35-29/h1-8,11-15,23,32,34H,9-10,16-18H2,(H2,33,35,36). The monoisotopic (exact) mass is 622 g/mol. The zero-order chi connectivity index (χ0) is 25.6. The fourth-order valence-electron chi connectivity index (χ4n) is 4.42. The molecule has 0 saturated carbocycles. The molecule has 5 aromatic rings. The second kappa shape index (κ2) is 12.1.